The van der Waals surface area contributed by atoms with Gasteiger partial charge in [-0.05, 0) is 48.9 Å². The van der Waals surface area contributed by atoms with Crippen LogP contribution in [-0.2, 0) is 0 Å². The molecule has 0 heterocycles. The number of hydrogen-bond donors (Lipinski definition) is 1. The molecule has 1 heteroatoms. The molecule has 2 fully saturated rings. The minimum Gasteiger partial charge on any atom is -0.392 e. The van der Waals surface area contributed by atoms with Gasteiger partial charge in [0.2, 0.25) is 0 Å². The first-order valence-electron chi connectivity index (χ1n) is 6.18. The molecule has 0 aromatic rings. The fourth-order valence-electron chi connectivity index (χ4n) is 3.49. The van der Waals surface area contributed by atoms with Gasteiger partial charge in [-0.15, -0.1) is 0 Å². The van der Waals surface area contributed by atoms with Crippen LogP contribution in [0.15, 0.2) is 11.6 Å². The summed E-state index contributed by atoms with van der Waals surface area (Å²) in [6.45, 7) is 9.57. The lowest BCUT2D eigenvalue weighted by Gasteiger charge is -2.35. The quantitative estimate of drug-likeness (QED) is 0.705. The Labute approximate surface area is 93.6 Å². The first kappa shape index (κ1) is 11.2. The summed E-state index contributed by atoms with van der Waals surface area (Å²) in [4.78, 5) is 0. The minimum atomic E-state index is 0.216. The molecule has 0 aliphatic heterocycles. The Morgan fingerprint density at radius 2 is 2.07 bits per heavy atom. The molecule has 1 N–H and O–H groups in total. The molecule has 0 radical (unpaired) electrons. The van der Waals surface area contributed by atoms with Crippen LogP contribution in [0.1, 0.15) is 47.0 Å². The van der Waals surface area contributed by atoms with Crippen molar-refractivity contribution >= 4 is 0 Å². The van der Waals surface area contributed by atoms with Gasteiger partial charge in [0.15, 0.2) is 0 Å². The Hall–Kier alpha value is -0.300. The van der Waals surface area contributed by atoms with E-state index >= 15 is 0 Å². The molecule has 2 saturated carbocycles. The molecule has 0 amide bonds. The van der Waals surface area contributed by atoms with E-state index in [1.54, 1.807) is 0 Å². The molecule has 1 nitrogen and oxygen atoms in total. The molecule has 3 atom stereocenters. The van der Waals surface area contributed by atoms with Crippen LogP contribution in [0.2, 0.25) is 0 Å². The molecule has 0 aromatic heterocycles. The van der Waals surface area contributed by atoms with Gasteiger partial charge in [0.25, 0.3) is 0 Å². The summed E-state index contributed by atoms with van der Waals surface area (Å²) in [5.41, 5.74) is 2.24. The standard InChI is InChI=1S/C14H24O/c1-10(9-15)5-6-11-7-12-8-14(12,4)13(11,2)3/h5,11-12,15H,6-9H2,1-4H3/t11?,12-,14-/m1/s1. The molecule has 0 aromatic carbocycles. The molecular weight excluding hydrogens is 184 g/mol. The van der Waals surface area contributed by atoms with Gasteiger partial charge in [0, 0.05) is 0 Å². The van der Waals surface area contributed by atoms with Gasteiger partial charge in [0.1, 0.15) is 0 Å². The lowest BCUT2D eigenvalue weighted by molar-refractivity contribution is 0.150. The van der Waals surface area contributed by atoms with E-state index in [2.05, 4.69) is 26.8 Å². The predicted octanol–water partition coefficient (Wildman–Crippen LogP) is 3.39. The SMILES string of the molecule is CC(=CCC1C[C@@H]2C[C@@]2(C)C1(C)C)CO. The van der Waals surface area contributed by atoms with Crippen molar-refractivity contribution in [2.24, 2.45) is 22.7 Å². The monoisotopic (exact) mass is 208 g/mol. The smallest absolute Gasteiger partial charge is 0.0639 e. The highest BCUT2D eigenvalue weighted by Gasteiger charge is 2.66. The Kier molecular flexibility index (Phi) is 2.50. The van der Waals surface area contributed by atoms with Crippen molar-refractivity contribution < 1.29 is 5.11 Å². The lowest BCUT2D eigenvalue weighted by atomic mass is 9.70. The molecule has 0 bridgehead atoms. The summed E-state index contributed by atoms with van der Waals surface area (Å²) in [5, 5.41) is 8.98. The third-order valence-corrected chi connectivity index (χ3v) is 5.47. The highest BCUT2D eigenvalue weighted by Crippen LogP contribution is 2.74. The van der Waals surface area contributed by atoms with E-state index in [0.29, 0.717) is 10.8 Å². The van der Waals surface area contributed by atoms with E-state index in [0.717, 1.165) is 23.8 Å². The number of rotatable bonds is 3. The van der Waals surface area contributed by atoms with Crippen LogP contribution in [0.25, 0.3) is 0 Å². The van der Waals surface area contributed by atoms with E-state index in [1.807, 2.05) is 6.92 Å². The number of aliphatic hydroxyl groups is 1. The number of aliphatic hydroxyl groups excluding tert-OH is 1. The third kappa shape index (κ3) is 1.56. The maximum Gasteiger partial charge on any atom is 0.0639 e. The maximum absolute atomic E-state index is 8.98. The average Bonchev–Trinajstić information content (AvgIpc) is 2.80. The van der Waals surface area contributed by atoms with Crippen LogP contribution < -0.4 is 0 Å². The normalized spacial score (nSPS) is 42.9. The first-order valence-corrected chi connectivity index (χ1v) is 6.18. The Morgan fingerprint density at radius 1 is 1.40 bits per heavy atom. The highest BCUT2D eigenvalue weighted by atomic mass is 16.3. The zero-order valence-electron chi connectivity index (χ0n) is 10.5. The largest absolute Gasteiger partial charge is 0.392 e. The van der Waals surface area contributed by atoms with Crippen LogP contribution in [-0.4, -0.2) is 11.7 Å². The van der Waals surface area contributed by atoms with Crippen LogP contribution >= 0.6 is 0 Å². The summed E-state index contributed by atoms with van der Waals surface area (Å²) in [6.07, 6.45) is 6.24. The summed E-state index contributed by atoms with van der Waals surface area (Å²) in [7, 11) is 0. The van der Waals surface area contributed by atoms with Crippen LogP contribution in [0, 0.1) is 22.7 Å². The minimum absolute atomic E-state index is 0.216. The van der Waals surface area contributed by atoms with E-state index in [1.165, 1.54) is 12.8 Å². The van der Waals surface area contributed by atoms with E-state index in [4.69, 9.17) is 5.11 Å². The second-order valence-electron chi connectivity index (χ2n) is 6.42. The molecule has 0 spiro atoms. The number of hydrogen-bond acceptors (Lipinski definition) is 1. The third-order valence-electron chi connectivity index (χ3n) is 5.47. The summed E-state index contributed by atoms with van der Waals surface area (Å²) in [5.74, 6) is 1.81. The van der Waals surface area contributed by atoms with E-state index in [-0.39, 0.29) is 6.61 Å². The van der Waals surface area contributed by atoms with Crippen LogP contribution in [0.4, 0.5) is 0 Å². The molecule has 2 aliphatic carbocycles. The van der Waals surface area contributed by atoms with Crippen molar-refractivity contribution in [3.05, 3.63) is 11.6 Å². The second-order valence-corrected chi connectivity index (χ2v) is 6.42. The Balaban J connectivity index is 2.02. The van der Waals surface area contributed by atoms with Gasteiger partial charge >= 0.3 is 0 Å². The summed E-state index contributed by atoms with van der Waals surface area (Å²) < 4.78 is 0. The van der Waals surface area contributed by atoms with Crippen molar-refractivity contribution in [2.45, 2.75) is 47.0 Å². The highest BCUT2D eigenvalue weighted by molar-refractivity contribution is 5.17. The first-order chi connectivity index (χ1) is 6.91. The van der Waals surface area contributed by atoms with Gasteiger partial charge < -0.3 is 5.11 Å². The molecule has 1 unspecified atom stereocenters. The second kappa shape index (κ2) is 3.35. The van der Waals surface area contributed by atoms with Crippen molar-refractivity contribution in [2.75, 3.05) is 6.61 Å². The molecule has 0 saturated heterocycles. The van der Waals surface area contributed by atoms with E-state index < -0.39 is 0 Å². The average molecular weight is 208 g/mol. The summed E-state index contributed by atoms with van der Waals surface area (Å²) >= 11 is 0. The van der Waals surface area contributed by atoms with Crippen molar-refractivity contribution in [1.29, 1.82) is 0 Å². The van der Waals surface area contributed by atoms with Crippen molar-refractivity contribution in [1.82, 2.24) is 0 Å². The maximum atomic E-state index is 8.98. The van der Waals surface area contributed by atoms with Crippen LogP contribution in [0.3, 0.4) is 0 Å². The topological polar surface area (TPSA) is 20.2 Å². The lowest BCUT2D eigenvalue weighted by Crippen LogP contribution is -2.27. The molecule has 2 rings (SSSR count). The number of allylic oxidation sites excluding steroid dienone is 1. The zero-order valence-corrected chi connectivity index (χ0v) is 10.5. The van der Waals surface area contributed by atoms with Gasteiger partial charge in [-0.25, -0.2) is 0 Å². The van der Waals surface area contributed by atoms with E-state index in [9.17, 15) is 0 Å². The van der Waals surface area contributed by atoms with Crippen LogP contribution in [0.5, 0.6) is 0 Å². The summed E-state index contributed by atoms with van der Waals surface area (Å²) in [6, 6.07) is 0. The molecular formula is C14H24O. The zero-order chi connectivity index (χ0) is 11.3. The Morgan fingerprint density at radius 3 is 2.53 bits per heavy atom. The van der Waals surface area contributed by atoms with Gasteiger partial charge in [-0.1, -0.05) is 32.4 Å². The fraction of sp³-hybridized carbons (Fsp3) is 0.857. The fourth-order valence-corrected chi connectivity index (χ4v) is 3.49. The number of fused-ring (bicyclic) bond motifs is 1. The van der Waals surface area contributed by atoms with Crippen molar-refractivity contribution in [3.63, 3.8) is 0 Å². The van der Waals surface area contributed by atoms with Crippen molar-refractivity contribution in [3.8, 4) is 0 Å². The van der Waals surface area contributed by atoms with Gasteiger partial charge in [-0.3, -0.25) is 0 Å². The predicted molar refractivity (Wildman–Crippen MR) is 63.6 cm³/mol. The molecule has 2 aliphatic rings. The Bertz CT molecular complexity index is 290. The molecule has 86 valence electrons. The van der Waals surface area contributed by atoms with Gasteiger partial charge in [-0.2, -0.15) is 0 Å². The molecule has 15 heavy (non-hydrogen) atoms. The van der Waals surface area contributed by atoms with Gasteiger partial charge in [0.05, 0.1) is 6.61 Å².